The van der Waals surface area contributed by atoms with Crippen molar-refractivity contribution in [2.24, 2.45) is 0 Å². The monoisotopic (exact) mass is 250 g/mol. The summed E-state index contributed by atoms with van der Waals surface area (Å²) < 4.78 is 11.2. The number of esters is 1. The Morgan fingerprint density at radius 1 is 1.50 bits per heavy atom. The van der Waals surface area contributed by atoms with Crippen molar-refractivity contribution < 1.29 is 13.9 Å². The van der Waals surface area contributed by atoms with Crippen LogP contribution in [0.5, 0.6) is 0 Å². The van der Waals surface area contributed by atoms with Crippen LogP contribution in [0.15, 0.2) is 27.4 Å². The molecule has 2 rings (SSSR count). The van der Waals surface area contributed by atoms with Crippen LogP contribution in [0, 0.1) is 0 Å². The molecule has 0 aliphatic carbocycles. The third-order valence-electron chi connectivity index (χ3n) is 2.37. The van der Waals surface area contributed by atoms with Gasteiger partial charge in [0.25, 0.3) is 0 Å². The van der Waals surface area contributed by atoms with Gasteiger partial charge in [-0.15, -0.1) is 0 Å². The standard InChI is InChI=1S/C12H14N2O4/c1-7(2)17-10(15)6-14-11-8(13)4-3-5-9(11)18-12(14)16/h3-5,7H,6,13H2,1-2H3. The van der Waals surface area contributed by atoms with Crippen molar-refractivity contribution in [3.05, 3.63) is 28.7 Å². The maximum absolute atomic E-state index is 11.6. The molecule has 0 radical (unpaired) electrons. The normalized spacial score (nSPS) is 11.1. The number of carbonyl (C=O) groups excluding carboxylic acids is 1. The maximum Gasteiger partial charge on any atom is 0.420 e. The molecule has 1 heterocycles. The van der Waals surface area contributed by atoms with E-state index in [1.807, 2.05) is 0 Å². The molecule has 2 aromatic rings. The number of oxazole rings is 1. The van der Waals surface area contributed by atoms with Crippen molar-refractivity contribution in [3.63, 3.8) is 0 Å². The van der Waals surface area contributed by atoms with Crippen LogP contribution in [-0.4, -0.2) is 16.6 Å². The highest BCUT2D eigenvalue weighted by Crippen LogP contribution is 2.19. The fraction of sp³-hybridized carbons (Fsp3) is 0.333. The Hall–Kier alpha value is -2.24. The summed E-state index contributed by atoms with van der Waals surface area (Å²) >= 11 is 0. The third-order valence-corrected chi connectivity index (χ3v) is 2.37. The number of carbonyl (C=O) groups is 1. The minimum absolute atomic E-state index is 0.210. The van der Waals surface area contributed by atoms with E-state index in [0.717, 1.165) is 0 Å². The SMILES string of the molecule is CC(C)OC(=O)Cn1c(=O)oc2cccc(N)c21. The van der Waals surface area contributed by atoms with Crippen LogP contribution < -0.4 is 11.5 Å². The van der Waals surface area contributed by atoms with Crippen molar-refractivity contribution >= 4 is 22.8 Å². The van der Waals surface area contributed by atoms with Crippen LogP contribution in [0.25, 0.3) is 11.1 Å². The van der Waals surface area contributed by atoms with Crippen molar-refractivity contribution in [2.45, 2.75) is 26.5 Å². The number of aromatic nitrogens is 1. The van der Waals surface area contributed by atoms with Crippen LogP contribution in [0.4, 0.5) is 5.69 Å². The first-order chi connectivity index (χ1) is 8.49. The van der Waals surface area contributed by atoms with Gasteiger partial charge in [-0.25, -0.2) is 4.79 Å². The Balaban J connectivity index is 2.42. The van der Waals surface area contributed by atoms with E-state index >= 15 is 0 Å². The number of benzene rings is 1. The molecule has 6 heteroatoms. The summed E-state index contributed by atoms with van der Waals surface area (Å²) in [6.45, 7) is 3.27. The molecular weight excluding hydrogens is 236 g/mol. The van der Waals surface area contributed by atoms with Gasteiger partial charge in [0.15, 0.2) is 5.58 Å². The number of nitrogens with zero attached hydrogens (tertiary/aromatic N) is 1. The fourth-order valence-electron chi connectivity index (χ4n) is 1.72. The summed E-state index contributed by atoms with van der Waals surface area (Å²) in [5.74, 6) is -1.12. The first-order valence-corrected chi connectivity index (χ1v) is 5.56. The summed E-state index contributed by atoms with van der Waals surface area (Å²) in [7, 11) is 0. The van der Waals surface area contributed by atoms with E-state index in [9.17, 15) is 9.59 Å². The van der Waals surface area contributed by atoms with Gasteiger partial charge in [0, 0.05) is 0 Å². The average molecular weight is 250 g/mol. The largest absolute Gasteiger partial charge is 0.462 e. The van der Waals surface area contributed by atoms with Crippen LogP contribution in [0.3, 0.4) is 0 Å². The lowest BCUT2D eigenvalue weighted by molar-refractivity contribution is -0.148. The number of nitrogens with two attached hydrogens (primary N) is 1. The molecular formula is C12H14N2O4. The summed E-state index contributed by atoms with van der Waals surface area (Å²) in [6.07, 6.45) is -0.233. The zero-order valence-electron chi connectivity index (χ0n) is 10.2. The molecule has 0 amide bonds. The summed E-state index contributed by atoms with van der Waals surface area (Å²) in [5, 5.41) is 0. The average Bonchev–Trinajstić information content (AvgIpc) is 2.55. The Morgan fingerprint density at radius 3 is 2.89 bits per heavy atom. The molecule has 0 unspecified atom stereocenters. The maximum atomic E-state index is 11.6. The number of ether oxygens (including phenoxy) is 1. The molecule has 0 aliphatic rings. The Labute approximate surface area is 103 Å². The highest BCUT2D eigenvalue weighted by molar-refractivity contribution is 5.86. The minimum Gasteiger partial charge on any atom is -0.462 e. The predicted octanol–water partition coefficient (Wildman–Crippen LogP) is 1.13. The molecule has 96 valence electrons. The summed E-state index contributed by atoms with van der Waals surface area (Å²) in [6, 6.07) is 4.94. The van der Waals surface area contributed by atoms with Crippen molar-refractivity contribution in [1.29, 1.82) is 0 Å². The van der Waals surface area contributed by atoms with Gasteiger partial charge in [0.05, 0.1) is 11.8 Å². The number of nitrogen functional groups attached to an aromatic ring is 1. The molecule has 0 saturated carbocycles. The summed E-state index contributed by atoms with van der Waals surface area (Å²) in [5.41, 5.74) is 6.94. The third kappa shape index (κ3) is 2.22. The lowest BCUT2D eigenvalue weighted by atomic mass is 10.3. The van der Waals surface area contributed by atoms with E-state index in [2.05, 4.69) is 0 Å². The second-order valence-corrected chi connectivity index (χ2v) is 4.19. The second kappa shape index (κ2) is 4.56. The molecule has 18 heavy (non-hydrogen) atoms. The zero-order chi connectivity index (χ0) is 13.3. The molecule has 6 nitrogen and oxygen atoms in total. The van der Waals surface area contributed by atoms with Gasteiger partial charge in [0.2, 0.25) is 0 Å². The molecule has 0 aliphatic heterocycles. The summed E-state index contributed by atoms with van der Waals surface area (Å²) in [4.78, 5) is 23.2. The van der Waals surface area contributed by atoms with E-state index in [1.165, 1.54) is 4.57 Å². The molecule has 0 bridgehead atoms. The van der Waals surface area contributed by atoms with Crippen LogP contribution in [-0.2, 0) is 16.1 Å². The highest BCUT2D eigenvalue weighted by Gasteiger charge is 2.15. The highest BCUT2D eigenvalue weighted by atomic mass is 16.5. The Morgan fingerprint density at radius 2 is 2.22 bits per heavy atom. The van der Waals surface area contributed by atoms with Gasteiger partial charge >= 0.3 is 11.7 Å². The van der Waals surface area contributed by atoms with E-state index in [4.69, 9.17) is 14.9 Å². The molecule has 0 saturated heterocycles. The predicted molar refractivity (Wildman–Crippen MR) is 66.1 cm³/mol. The Kier molecular flexibility index (Phi) is 3.10. The molecule has 0 fully saturated rings. The first kappa shape index (κ1) is 12.2. The fourth-order valence-corrected chi connectivity index (χ4v) is 1.72. The van der Waals surface area contributed by atoms with Gasteiger partial charge in [-0.1, -0.05) is 6.07 Å². The van der Waals surface area contributed by atoms with Gasteiger partial charge in [-0.2, -0.15) is 0 Å². The minimum atomic E-state index is -0.622. The van der Waals surface area contributed by atoms with Crippen molar-refractivity contribution in [3.8, 4) is 0 Å². The van der Waals surface area contributed by atoms with E-state index < -0.39 is 11.7 Å². The van der Waals surface area contributed by atoms with E-state index in [1.54, 1.807) is 32.0 Å². The number of fused-ring (bicyclic) bond motifs is 1. The Bertz CT molecular complexity index is 639. The van der Waals surface area contributed by atoms with Crippen molar-refractivity contribution in [1.82, 2.24) is 4.57 Å². The van der Waals surface area contributed by atoms with E-state index in [-0.39, 0.29) is 12.6 Å². The quantitative estimate of drug-likeness (QED) is 0.651. The molecule has 1 aromatic heterocycles. The number of hydrogen-bond acceptors (Lipinski definition) is 5. The van der Waals surface area contributed by atoms with Crippen LogP contribution in [0.1, 0.15) is 13.8 Å². The molecule has 0 atom stereocenters. The van der Waals surface area contributed by atoms with Crippen LogP contribution >= 0.6 is 0 Å². The lowest BCUT2D eigenvalue weighted by Gasteiger charge is -2.08. The topological polar surface area (TPSA) is 87.5 Å². The number of para-hydroxylation sites is 1. The molecule has 0 spiro atoms. The number of rotatable bonds is 3. The van der Waals surface area contributed by atoms with E-state index in [0.29, 0.717) is 16.8 Å². The lowest BCUT2D eigenvalue weighted by Crippen LogP contribution is -2.23. The van der Waals surface area contributed by atoms with Gasteiger partial charge < -0.3 is 14.9 Å². The van der Waals surface area contributed by atoms with Gasteiger partial charge in [0.1, 0.15) is 12.1 Å². The smallest absolute Gasteiger partial charge is 0.420 e. The molecule has 1 aromatic carbocycles. The second-order valence-electron chi connectivity index (χ2n) is 4.19. The number of anilines is 1. The zero-order valence-corrected chi connectivity index (χ0v) is 10.2. The van der Waals surface area contributed by atoms with Gasteiger partial charge in [-0.05, 0) is 26.0 Å². The first-order valence-electron chi connectivity index (χ1n) is 5.56. The van der Waals surface area contributed by atoms with Crippen LogP contribution in [0.2, 0.25) is 0 Å². The van der Waals surface area contributed by atoms with Crippen molar-refractivity contribution in [2.75, 3.05) is 5.73 Å². The van der Waals surface area contributed by atoms with Gasteiger partial charge in [-0.3, -0.25) is 9.36 Å². The number of hydrogen-bond donors (Lipinski definition) is 1. The molecule has 2 N–H and O–H groups in total.